The Balaban J connectivity index is 1.93. The van der Waals surface area contributed by atoms with Crippen LogP contribution in [0.15, 0.2) is 66.9 Å². The largest absolute Gasteiger partial charge is 0.284 e. The Morgan fingerprint density at radius 1 is 1.05 bits per heavy atom. The summed E-state index contributed by atoms with van der Waals surface area (Å²) < 4.78 is 14.7. The monoisotopic (exact) mass is 265 g/mol. The predicted molar refractivity (Wildman–Crippen MR) is 78.0 cm³/mol. The van der Waals surface area contributed by atoms with Gasteiger partial charge < -0.3 is 0 Å². The van der Waals surface area contributed by atoms with E-state index in [4.69, 9.17) is 0 Å². The minimum absolute atomic E-state index is 0.200. The highest BCUT2D eigenvalue weighted by Crippen LogP contribution is 2.17. The minimum atomic E-state index is -0.350. The van der Waals surface area contributed by atoms with E-state index >= 15 is 0 Å². The van der Waals surface area contributed by atoms with Crippen molar-refractivity contribution in [3.63, 3.8) is 0 Å². The van der Waals surface area contributed by atoms with Gasteiger partial charge in [0.1, 0.15) is 5.82 Å². The number of nitrogens with zero attached hydrogens (tertiary/aromatic N) is 1. The number of allylic oxidation sites excluding steroid dienone is 1. The normalized spacial score (nSPS) is 11.2. The molecule has 0 saturated carbocycles. The lowest BCUT2D eigenvalue weighted by molar-refractivity contribution is 0.0975. The Bertz CT molecular complexity index is 787. The lowest BCUT2D eigenvalue weighted by Crippen LogP contribution is -2.05. The van der Waals surface area contributed by atoms with Crippen molar-refractivity contribution in [1.29, 1.82) is 0 Å². The van der Waals surface area contributed by atoms with Crippen LogP contribution < -0.4 is 0 Å². The fraction of sp³-hybridized carbons (Fsp3) is 0. The Morgan fingerprint density at radius 2 is 1.85 bits per heavy atom. The van der Waals surface area contributed by atoms with Crippen molar-refractivity contribution in [3.8, 4) is 0 Å². The molecular formula is C17H12FNO. The van der Waals surface area contributed by atoms with Gasteiger partial charge in [0.25, 0.3) is 5.91 Å². The van der Waals surface area contributed by atoms with Crippen molar-refractivity contribution in [2.75, 3.05) is 0 Å². The molecule has 1 heterocycles. The first-order valence-corrected chi connectivity index (χ1v) is 6.28. The molecule has 98 valence electrons. The summed E-state index contributed by atoms with van der Waals surface area (Å²) in [5.74, 6) is -0.549. The van der Waals surface area contributed by atoms with Gasteiger partial charge in [-0.25, -0.2) is 4.39 Å². The third-order valence-corrected chi connectivity index (χ3v) is 3.11. The minimum Gasteiger partial charge on any atom is -0.284 e. The molecule has 0 radical (unpaired) electrons. The Morgan fingerprint density at radius 3 is 2.65 bits per heavy atom. The molecule has 0 aliphatic rings. The van der Waals surface area contributed by atoms with Gasteiger partial charge in [-0.05, 0) is 35.9 Å². The molecule has 0 aliphatic carbocycles. The Kier molecular flexibility index (Phi) is 3.17. The summed E-state index contributed by atoms with van der Waals surface area (Å²) >= 11 is 0. The van der Waals surface area contributed by atoms with Crippen LogP contribution in [0.5, 0.6) is 0 Å². The third kappa shape index (κ3) is 2.38. The molecule has 1 aromatic heterocycles. The molecule has 2 aromatic carbocycles. The molecule has 0 fully saturated rings. The average Bonchev–Trinajstić information content (AvgIpc) is 2.89. The maximum atomic E-state index is 13.3. The smallest absolute Gasteiger partial charge is 0.255 e. The molecule has 3 aromatic rings. The standard InChI is InChI=1S/C17H12FNO/c18-15-8-7-14-10-11-19(16(14)12-15)17(20)9-6-13-4-2-1-3-5-13/h1-12H/b9-6+. The molecule has 3 rings (SSSR count). The van der Waals surface area contributed by atoms with Gasteiger partial charge in [-0.1, -0.05) is 30.3 Å². The zero-order chi connectivity index (χ0) is 13.9. The second-order valence-corrected chi connectivity index (χ2v) is 4.47. The summed E-state index contributed by atoms with van der Waals surface area (Å²) in [7, 11) is 0. The number of carbonyl (C=O) groups excluding carboxylic acids is 1. The SMILES string of the molecule is O=C(/C=C/c1ccccc1)n1ccc2ccc(F)cc21. The van der Waals surface area contributed by atoms with Crippen LogP contribution in [-0.4, -0.2) is 10.5 Å². The molecule has 0 unspecified atom stereocenters. The first-order valence-electron chi connectivity index (χ1n) is 6.28. The van der Waals surface area contributed by atoms with Crippen molar-refractivity contribution in [1.82, 2.24) is 4.57 Å². The predicted octanol–water partition coefficient (Wildman–Crippen LogP) is 4.13. The van der Waals surface area contributed by atoms with Gasteiger partial charge in [0.2, 0.25) is 0 Å². The molecule has 0 atom stereocenters. The molecule has 0 amide bonds. The number of fused-ring (bicyclic) bond motifs is 1. The van der Waals surface area contributed by atoms with Crippen LogP contribution in [0.4, 0.5) is 4.39 Å². The maximum absolute atomic E-state index is 13.3. The van der Waals surface area contributed by atoms with E-state index in [1.165, 1.54) is 22.8 Å². The Hall–Kier alpha value is -2.68. The van der Waals surface area contributed by atoms with E-state index in [9.17, 15) is 9.18 Å². The zero-order valence-corrected chi connectivity index (χ0v) is 10.7. The zero-order valence-electron chi connectivity index (χ0n) is 10.7. The van der Waals surface area contributed by atoms with Crippen molar-refractivity contribution < 1.29 is 9.18 Å². The third-order valence-electron chi connectivity index (χ3n) is 3.11. The highest BCUT2D eigenvalue weighted by Gasteiger charge is 2.06. The van der Waals surface area contributed by atoms with Gasteiger partial charge >= 0.3 is 0 Å². The van der Waals surface area contributed by atoms with E-state index in [0.717, 1.165) is 10.9 Å². The first kappa shape index (κ1) is 12.4. The molecule has 0 aliphatic heterocycles. The van der Waals surface area contributed by atoms with Crippen molar-refractivity contribution in [2.45, 2.75) is 0 Å². The van der Waals surface area contributed by atoms with Gasteiger partial charge in [-0.2, -0.15) is 0 Å². The molecule has 0 saturated heterocycles. The van der Waals surface area contributed by atoms with Crippen LogP contribution in [0.25, 0.3) is 17.0 Å². The van der Waals surface area contributed by atoms with Crippen LogP contribution in [0, 0.1) is 5.82 Å². The number of hydrogen-bond donors (Lipinski definition) is 0. The Labute approximate surface area is 115 Å². The molecule has 0 N–H and O–H groups in total. The van der Waals surface area contributed by atoms with Gasteiger partial charge in [0.15, 0.2) is 0 Å². The number of rotatable bonds is 2. The van der Waals surface area contributed by atoms with Crippen LogP contribution in [0.2, 0.25) is 0 Å². The van der Waals surface area contributed by atoms with E-state index < -0.39 is 0 Å². The van der Waals surface area contributed by atoms with E-state index in [1.807, 2.05) is 30.3 Å². The second-order valence-electron chi connectivity index (χ2n) is 4.47. The van der Waals surface area contributed by atoms with E-state index in [1.54, 1.807) is 24.4 Å². The van der Waals surface area contributed by atoms with Crippen molar-refractivity contribution in [3.05, 3.63) is 78.3 Å². The summed E-state index contributed by atoms with van der Waals surface area (Å²) in [5.41, 5.74) is 1.52. The first-order chi connectivity index (χ1) is 9.74. The lowest BCUT2D eigenvalue weighted by Gasteiger charge is -2.00. The number of aromatic nitrogens is 1. The lowest BCUT2D eigenvalue weighted by atomic mass is 10.2. The van der Waals surface area contributed by atoms with Gasteiger partial charge in [0, 0.05) is 17.7 Å². The molecule has 0 bridgehead atoms. The van der Waals surface area contributed by atoms with Gasteiger partial charge in [0.05, 0.1) is 5.52 Å². The summed E-state index contributed by atoms with van der Waals surface area (Å²) in [6.45, 7) is 0. The number of hydrogen-bond acceptors (Lipinski definition) is 1. The molecule has 0 spiro atoms. The summed E-state index contributed by atoms with van der Waals surface area (Å²) in [5, 5.41) is 0.841. The van der Waals surface area contributed by atoms with E-state index in [-0.39, 0.29) is 11.7 Å². The quantitative estimate of drug-likeness (QED) is 0.638. The number of carbonyl (C=O) groups is 1. The van der Waals surface area contributed by atoms with Gasteiger partial charge in [-0.3, -0.25) is 9.36 Å². The molecular weight excluding hydrogens is 253 g/mol. The summed E-state index contributed by atoms with van der Waals surface area (Å²) in [6.07, 6.45) is 4.88. The number of benzene rings is 2. The van der Waals surface area contributed by atoms with Crippen LogP contribution in [-0.2, 0) is 0 Å². The number of halogens is 1. The van der Waals surface area contributed by atoms with Crippen LogP contribution in [0.1, 0.15) is 10.4 Å². The van der Waals surface area contributed by atoms with E-state index in [0.29, 0.717) is 5.52 Å². The average molecular weight is 265 g/mol. The van der Waals surface area contributed by atoms with Crippen molar-refractivity contribution >= 4 is 22.9 Å². The molecule has 3 heteroatoms. The van der Waals surface area contributed by atoms with Crippen LogP contribution >= 0.6 is 0 Å². The second kappa shape index (κ2) is 5.13. The summed E-state index contributed by atoms with van der Waals surface area (Å²) in [4.78, 5) is 12.2. The fourth-order valence-corrected chi connectivity index (χ4v) is 2.11. The highest BCUT2D eigenvalue weighted by molar-refractivity contribution is 6.00. The maximum Gasteiger partial charge on any atom is 0.255 e. The molecule has 20 heavy (non-hydrogen) atoms. The fourth-order valence-electron chi connectivity index (χ4n) is 2.11. The van der Waals surface area contributed by atoms with E-state index in [2.05, 4.69) is 0 Å². The molecule has 2 nitrogen and oxygen atoms in total. The van der Waals surface area contributed by atoms with Crippen LogP contribution in [0.3, 0.4) is 0 Å². The topological polar surface area (TPSA) is 22.0 Å². The highest BCUT2D eigenvalue weighted by atomic mass is 19.1. The van der Waals surface area contributed by atoms with Gasteiger partial charge in [-0.15, -0.1) is 0 Å². The summed E-state index contributed by atoms with van der Waals surface area (Å²) in [6, 6.07) is 15.8. The van der Waals surface area contributed by atoms with Crippen molar-refractivity contribution in [2.24, 2.45) is 0 Å².